The van der Waals surface area contributed by atoms with Gasteiger partial charge in [-0.15, -0.1) is 0 Å². The molecule has 3 nitrogen and oxygen atoms in total. The zero-order valence-corrected chi connectivity index (χ0v) is 10.8. The van der Waals surface area contributed by atoms with Gasteiger partial charge in [-0.1, -0.05) is 29.8 Å². The van der Waals surface area contributed by atoms with Gasteiger partial charge >= 0.3 is 5.97 Å². The average molecular weight is 235 g/mol. The van der Waals surface area contributed by atoms with Crippen molar-refractivity contribution in [3.05, 3.63) is 35.4 Å². The van der Waals surface area contributed by atoms with Gasteiger partial charge < -0.3 is 10.5 Å². The third-order valence-corrected chi connectivity index (χ3v) is 3.06. The summed E-state index contributed by atoms with van der Waals surface area (Å²) >= 11 is 0. The van der Waals surface area contributed by atoms with Crippen LogP contribution < -0.4 is 5.73 Å². The van der Waals surface area contributed by atoms with Crippen LogP contribution in [0.5, 0.6) is 0 Å². The molecule has 1 aromatic rings. The SMILES string of the molecule is CCOC(=O)C(C)(CCN)c1ccc(C)cc1. The number of rotatable bonds is 5. The van der Waals surface area contributed by atoms with Crippen molar-refractivity contribution >= 4 is 5.97 Å². The van der Waals surface area contributed by atoms with Crippen LogP contribution in [0.3, 0.4) is 0 Å². The quantitative estimate of drug-likeness (QED) is 0.796. The zero-order chi connectivity index (χ0) is 12.9. The van der Waals surface area contributed by atoms with Gasteiger partial charge in [-0.2, -0.15) is 0 Å². The Hall–Kier alpha value is -1.35. The number of esters is 1. The third-order valence-electron chi connectivity index (χ3n) is 3.06. The molecule has 1 aromatic carbocycles. The fourth-order valence-electron chi connectivity index (χ4n) is 1.86. The molecule has 0 aliphatic carbocycles. The van der Waals surface area contributed by atoms with E-state index in [4.69, 9.17) is 10.5 Å². The first kappa shape index (κ1) is 13.7. The van der Waals surface area contributed by atoms with E-state index < -0.39 is 5.41 Å². The van der Waals surface area contributed by atoms with Gasteiger partial charge in [-0.05, 0) is 39.3 Å². The van der Waals surface area contributed by atoms with Crippen LogP contribution in [0.4, 0.5) is 0 Å². The number of nitrogens with two attached hydrogens (primary N) is 1. The normalized spacial score (nSPS) is 14.1. The van der Waals surface area contributed by atoms with Crippen LogP contribution in [0, 0.1) is 6.92 Å². The lowest BCUT2D eigenvalue weighted by Crippen LogP contribution is -2.36. The molecule has 0 aromatic heterocycles. The zero-order valence-electron chi connectivity index (χ0n) is 10.8. The lowest BCUT2D eigenvalue weighted by atomic mass is 9.79. The standard InChI is InChI=1S/C14H21NO2/c1-4-17-13(16)14(3,9-10-15)12-7-5-11(2)6-8-12/h5-8H,4,9-10,15H2,1-3H3. The van der Waals surface area contributed by atoms with Gasteiger partial charge in [0.05, 0.1) is 12.0 Å². The number of aryl methyl sites for hydroxylation is 1. The molecule has 0 saturated carbocycles. The molecule has 1 unspecified atom stereocenters. The molecule has 0 radical (unpaired) electrons. The summed E-state index contributed by atoms with van der Waals surface area (Å²) < 4.78 is 5.15. The van der Waals surface area contributed by atoms with E-state index >= 15 is 0 Å². The van der Waals surface area contributed by atoms with E-state index in [1.54, 1.807) is 0 Å². The van der Waals surface area contributed by atoms with Gasteiger partial charge in [0.1, 0.15) is 0 Å². The Bertz CT molecular complexity index is 372. The second-order valence-corrected chi connectivity index (χ2v) is 4.46. The van der Waals surface area contributed by atoms with Gasteiger partial charge in [-0.25, -0.2) is 0 Å². The van der Waals surface area contributed by atoms with Crippen molar-refractivity contribution in [1.82, 2.24) is 0 Å². The molecule has 0 heterocycles. The number of ether oxygens (including phenoxy) is 1. The minimum absolute atomic E-state index is 0.200. The summed E-state index contributed by atoms with van der Waals surface area (Å²) in [7, 11) is 0. The summed E-state index contributed by atoms with van der Waals surface area (Å²) in [5.41, 5.74) is 7.11. The van der Waals surface area contributed by atoms with E-state index in [-0.39, 0.29) is 5.97 Å². The van der Waals surface area contributed by atoms with Crippen molar-refractivity contribution in [2.24, 2.45) is 5.73 Å². The highest BCUT2D eigenvalue weighted by atomic mass is 16.5. The number of hydrogen-bond donors (Lipinski definition) is 1. The number of carbonyl (C=O) groups excluding carboxylic acids is 1. The maximum absolute atomic E-state index is 12.1. The Labute approximate surface area is 103 Å². The van der Waals surface area contributed by atoms with Crippen LogP contribution in [-0.2, 0) is 14.9 Å². The summed E-state index contributed by atoms with van der Waals surface area (Å²) in [5.74, 6) is -0.200. The van der Waals surface area contributed by atoms with E-state index in [0.29, 0.717) is 19.6 Å². The number of benzene rings is 1. The Morgan fingerprint density at radius 2 is 1.94 bits per heavy atom. The predicted molar refractivity (Wildman–Crippen MR) is 68.8 cm³/mol. The largest absolute Gasteiger partial charge is 0.465 e. The monoisotopic (exact) mass is 235 g/mol. The second-order valence-electron chi connectivity index (χ2n) is 4.46. The molecule has 2 N–H and O–H groups in total. The smallest absolute Gasteiger partial charge is 0.316 e. The molecule has 0 amide bonds. The Balaban J connectivity index is 3.06. The van der Waals surface area contributed by atoms with Crippen molar-refractivity contribution in [1.29, 1.82) is 0 Å². The highest BCUT2D eigenvalue weighted by Crippen LogP contribution is 2.29. The van der Waals surface area contributed by atoms with Crippen molar-refractivity contribution in [2.75, 3.05) is 13.2 Å². The van der Waals surface area contributed by atoms with Crippen LogP contribution in [0.2, 0.25) is 0 Å². The molecule has 0 aliphatic rings. The van der Waals surface area contributed by atoms with Crippen LogP contribution in [0.1, 0.15) is 31.4 Å². The van der Waals surface area contributed by atoms with Crippen molar-refractivity contribution in [3.63, 3.8) is 0 Å². The molecule has 3 heteroatoms. The summed E-state index contributed by atoms with van der Waals surface area (Å²) in [6.45, 7) is 6.58. The van der Waals surface area contributed by atoms with Crippen LogP contribution >= 0.6 is 0 Å². The van der Waals surface area contributed by atoms with E-state index in [1.807, 2.05) is 45.0 Å². The molecule has 1 atom stereocenters. The summed E-state index contributed by atoms with van der Waals surface area (Å²) in [4.78, 5) is 12.1. The third kappa shape index (κ3) is 3.07. The fraction of sp³-hybridized carbons (Fsp3) is 0.500. The lowest BCUT2D eigenvalue weighted by Gasteiger charge is -2.27. The summed E-state index contributed by atoms with van der Waals surface area (Å²) in [6, 6.07) is 7.95. The molecule has 0 bridgehead atoms. The molecule has 1 rings (SSSR count). The van der Waals surface area contributed by atoms with Crippen molar-refractivity contribution in [2.45, 2.75) is 32.6 Å². The second kappa shape index (κ2) is 5.82. The van der Waals surface area contributed by atoms with Crippen LogP contribution in [0.15, 0.2) is 24.3 Å². The maximum Gasteiger partial charge on any atom is 0.316 e. The van der Waals surface area contributed by atoms with Gasteiger partial charge in [0.15, 0.2) is 0 Å². The highest BCUT2D eigenvalue weighted by molar-refractivity contribution is 5.82. The summed E-state index contributed by atoms with van der Waals surface area (Å²) in [5, 5.41) is 0. The van der Waals surface area contributed by atoms with Crippen molar-refractivity contribution < 1.29 is 9.53 Å². The van der Waals surface area contributed by atoms with E-state index in [1.165, 1.54) is 5.56 Å². The van der Waals surface area contributed by atoms with E-state index in [2.05, 4.69) is 0 Å². The molecular formula is C14H21NO2. The molecule has 0 fully saturated rings. The highest BCUT2D eigenvalue weighted by Gasteiger charge is 2.35. The molecule has 94 valence electrons. The first-order chi connectivity index (χ1) is 8.04. The molecular weight excluding hydrogens is 214 g/mol. The number of hydrogen-bond acceptors (Lipinski definition) is 3. The first-order valence-electron chi connectivity index (χ1n) is 5.99. The number of carbonyl (C=O) groups is 1. The van der Waals surface area contributed by atoms with Crippen LogP contribution in [0.25, 0.3) is 0 Å². The Morgan fingerprint density at radius 1 is 1.35 bits per heavy atom. The fourth-order valence-corrected chi connectivity index (χ4v) is 1.86. The van der Waals surface area contributed by atoms with Gasteiger partial charge in [-0.3, -0.25) is 4.79 Å². The van der Waals surface area contributed by atoms with Gasteiger partial charge in [0, 0.05) is 0 Å². The average Bonchev–Trinajstić information content (AvgIpc) is 2.30. The lowest BCUT2D eigenvalue weighted by molar-refractivity contribution is -0.149. The van der Waals surface area contributed by atoms with E-state index in [0.717, 1.165) is 5.56 Å². The van der Waals surface area contributed by atoms with Crippen molar-refractivity contribution in [3.8, 4) is 0 Å². The predicted octanol–water partition coefficient (Wildman–Crippen LogP) is 2.16. The Morgan fingerprint density at radius 3 is 2.41 bits per heavy atom. The van der Waals surface area contributed by atoms with E-state index in [9.17, 15) is 4.79 Å². The minimum Gasteiger partial charge on any atom is -0.465 e. The molecule has 0 spiro atoms. The maximum atomic E-state index is 12.1. The molecule has 0 saturated heterocycles. The summed E-state index contributed by atoms with van der Waals surface area (Å²) in [6.07, 6.45) is 0.592. The minimum atomic E-state index is -0.640. The van der Waals surface area contributed by atoms with Gasteiger partial charge in [0.2, 0.25) is 0 Å². The first-order valence-corrected chi connectivity index (χ1v) is 5.99. The topological polar surface area (TPSA) is 52.3 Å². The molecule has 17 heavy (non-hydrogen) atoms. The van der Waals surface area contributed by atoms with Crippen LogP contribution in [-0.4, -0.2) is 19.1 Å². The Kier molecular flexibility index (Phi) is 4.70. The molecule has 0 aliphatic heterocycles. The van der Waals surface area contributed by atoms with Gasteiger partial charge in [0.25, 0.3) is 0 Å².